The number of carbonyl (C=O) groups excluding carboxylic acids is 1. The highest BCUT2D eigenvalue weighted by molar-refractivity contribution is 5.98. The van der Waals surface area contributed by atoms with E-state index in [4.69, 9.17) is 10.5 Å². The summed E-state index contributed by atoms with van der Waals surface area (Å²) in [5, 5.41) is 14.0. The molecular formula is C24H21FN4O3. The first-order valence-corrected chi connectivity index (χ1v) is 10.2. The smallest absolute Gasteiger partial charge is 0.265 e. The van der Waals surface area contributed by atoms with Gasteiger partial charge in [-0.1, -0.05) is 24.3 Å². The lowest BCUT2D eigenvalue weighted by atomic mass is 10.0. The molecule has 1 aliphatic rings. The van der Waals surface area contributed by atoms with E-state index < -0.39 is 12.0 Å². The van der Waals surface area contributed by atoms with Gasteiger partial charge in [-0.2, -0.15) is 5.10 Å². The number of aromatic nitrogens is 2. The third-order valence-electron chi connectivity index (χ3n) is 5.78. The first-order chi connectivity index (χ1) is 15.4. The lowest BCUT2D eigenvalue weighted by Gasteiger charge is -2.34. The summed E-state index contributed by atoms with van der Waals surface area (Å²) in [6, 6.07) is 15.1. The van der Waals surface area contributed by atoms with E-state index in [-0.39, 0.29) is 18.6 Å². The first-order valence-electron chi connectivity index (χ1n) is 10.2. The summed E-state index contributed by atoms with van der Waals surface area (Å²) < 4.78 is 20.8. The van der Waals surface area contributed by atoms with Crippen molar-refractivity contribution < 1.29 is 19.0 Å². The van der Waals surface area contributed by atoms with Crippen molar-refractivity contribution in [3.8, 4) is 16.9 Å². The van der Waals surface area contributed by atoms with Crippen molar-refractivity contribution in [1.82, 2.24) is 9.61 Å². The third kappa shape index (κ3) is 3.39. The SMILES string of the molecule is CC(c1ccn2ncc(-c3ccc(C(N)O)cc3)c2c1)N1C(=O)COc2cc(F)ccc21. The summed E-state index contributed by atoms with van der Waals surface area (Å²) in [5.41, 5.74) is 10.3. The molecule has 2 unspecified atom stereocenters. The average molecular weight is 432 g/mol. The molecule has 2 aromatic carbocycles. The van der Waals surface area contributed by atoms with E-state index in [1.54, 1.807) is 33.8 Å². The summed E-state index contributed by atoms with van der Waals surface area (Å²) in [6.45, 7) is 1.79. The maximum absolute atomic E-state index is 13.6. The number of aliphatic hydroxyl groups is 1. The second-order valence-corrected chi connectivity index (χ2v) is 7.76. The minimum Gasteiger partial charge on any atom is -0.481 e. The van der Waals surface area contributed by atoms with E-state index in [1.807, 2.05) is 37.4 Å². The van der Waals surface area contributed by atoms with Crippen molar-refractivity contribution >= 4 is 17.1 Å². The topological polar surface area (TPSA) is 93.1 Å². The molecule has 162 valence electrons. The van der Waals surface area contributed by atoms with E-state index in [2.05, 4.69) is 5.10 Å². The van der Waals surface area contributed by atoms with Crippen LogP contribution in [0.25, 0.3) is 16.6 Å². The van der Waals surface area contributed by atoms with Gasteiger partial charge in [0.25, 0.3) is 5.91 Å². The number of fused-ring (bicyclic) bond motifs is 2. The van der Waals surface area contributed by atoms with Gasteiger partial charge in [0.15, 0.2) is 6.61 Å². The van der Waals surface area contributed by atoms with Gasteiger partial charge < -0.3 is 15.6 Å². The summed E-state index contributed by atoms with van der Waals surface area (Å²) in [4.78, 5) is 14.3. The Kier molecular flexibility index (Phi) is 4.88. The largest absolute Gasteiger partial charge is 0.481 e. The average Bonchev–Trinajstić information content (AvgIpc) is 3.22. The molecule has 3 heterocycles. The summed E-state index contributed by atoms with van der Waals surface area (Å²) >= 11 is 0. The standard InChI is InChI=1S/C24H21FN4O3/c1-14(29-20-7-6-18(25)11-22(20)32-13-23(29)30)17-8-9-28-21(10-17)19(12-27-28)15-2-4-16(5-3-15)24(26)31/h2-12,14,24,31H,13,26H2,1H3. The number of nitrogens with two attached hydrogens (primary N) is 1. The molecule has 2 atom stereocenters. The Morgan fingerprint density at radius 3 is 2.66 bits per heavy atom. The van der Waals surface area contributed by atoms with Crippen LogP contribution in [0.4, 0.5) is 10.1 Å². The van der Waals surface area contributed by atoms with Crippen LogP contribution in [0.5, 0.6) is 5.75 Å². The van der Waals surface area contributed by atoms with E-state index in [9.17, 15) is 14.3 Å². The Morgan fingerprint density at radius 1 is 1.12 bits per heavy atom. The zero-order valence-electron chi connectivity index (χ0n) is 17.3. The predicted octanol–water partition coefficient (Wildman–Crippen LogP) is 3.58. The Balaban J connectivity index is 1.54. The van der Waals surface area contributed by atoms with Crippen LogP contribution >= 0.6 is 0 Å². The van der Waals surface area contributed by atoms with Crippen LogP contribution in [0, 0.1) is 5.82 Å². The molecule has 7 nitrogen and oxygen atoms in total. The number of carbonyl (C=O) groups is 1. The number of benzene rings is 2. The van der Waals surface area contributed by atoms with E-state index in [0.717, 1.165) is 22.2 Å². The summed E-state index contributed by atoms with van der Waals surface area (Å²) in [7, 11) is 0. The number of aliphatic hydroxyl groups excluding tert-OH is 1. The molecule has 8 heteroatoms. The van der Waals surface area contributed by atoms with E-state index in [0.29, 0.717) is 17.0 Å². The zero-order valence-corrected chi connectivity index (χ0v) is 17.3. The van der Waals surface area contributed by atoms with Gasteiger partial charge in [-0.05, 0) is 47.9 Å². The lowest BCUT2D eigenvalue weighted by molar-refractivity contribution is -0.121. The Hall–Kier alpha value is -3.75. The molecule has 0 saturated heterocycles. The highest BCUT2D eigenvalue weighted by atomic mass is 19.1. The molecule has 0 fully saturated rings. The minimum atomic E-state index is -1.03. The van der Waals surface area contributed by atoms with Gasteiger partial charge in [0, 0.05) is 17.8 Å². The number of nitrogens with zero attached hydrogens (tertiary/aromatic N) is 3. The van der Waals surface area contributed by atoms with E-state index in [1.165, 1.54) is 12.1 Å². The number of anilines is 1. The molecule has 0 aliphatic carbocycles. The van der Waals surface area contributed by atoms with Crippen LogP contribution in [0.2, 0.25) is 0 Å². The summed E-state index contributed by atoms with van der Waals surface area (Å²) in [6.07, 6.45) is 2.59. The maximum Gasteiger partial charge on any atom is 0.265 e. The van der Waals surface area contributed by atoms with Crippen molar-refractivity contribution in [2.24, 2.45) is 5.73 Å². The number of ether oxygens (including phenoxy) is 1. The van der Waals surface area contributed by atoms with Crippen LogP contribution < -0.4 is 15.4 Å². The molecule has 1 aliphatic heterocycles. The van der Waals surface area contributed by atoms with Gasteiger partial charge in [0.2, 0.25) is 0 Å². The highest BCUT2D eigenvalue weighted by Crippen LogP contribution is 2.38. The summed E-state index contributed by atoms with van der Waals surface area (Å²) in [5.74, 6) is -0.255. The first kappa shape index (κ1) is 20.2. The number of rotatable bonds is 4. The van der Waals surface area contributed by atoms with Crippen LogP contribution in [-0.4, -0.2) is 27.2 Å². The Bertz CT molecular complexity index is 1320. The Morgan fingerprint density at radius 2 is 1.91 bits per heavy atom. The lowest BCUT2D eigenvalue weighted by Crippen LogP contribution is -2.40. The maximum atomic E-state index is 13.6. The number of hydrogen-bond donors (Lipinski definition) is 2. The number of pyridine rings is 1. The Labute approximate surface area is 183 Å². The van der Waals surface area contributed by atoms with Crippen LogP contribution in [0.15, 0.2) is 67.0 Å². The molecule has 1 amide bonds. The van der Waals surface area contributed by atoms with Crippen molar-refractivity contribution in [3.05, 3.63) is 83.9 Å². The van der Waals surface area contributed by atoms with Gasteiger partial charge in [-0.25, -0.2) is 8.91 Å². The third-order valence-corrected chi connectivity index (χ3v) is 5.78. The van der Waals surface area contributed by atoms with Gasteiger partial charge in [0.1, 0.15) is 17.8 Å². The molecule has 0 saturated carbocycles. The predicted molar refractivity (Wildman–Crippen MR) is 118 cm³/mol. The number of hydrogen-bond acceptors (Lipinski definition) is 5. The molecule has 3 N–H and O–H groups in total. The molecular weight excluding hydrogens is 411 g/mol. The minimum absolute atomic E-state index is 0.139. The molecule has 0 bridgehead atoms. The fourth-order valence-corrected chi connectivity index (χ4v) is 4.06. The van der Waals surface area contributed by atoms with Crippen LogP contribution in [0.1, 0.15) is 30.3 Å². The normalized spacial score (nSPS) is 15.4. The quantitative estimate of drug-likeness (QED) is 0.481. The molecule has 5 rings (SSSR count). The second-order valence-electron chi connectivity index (χ2n) is 7.76. The molecule has 2 aromatic heterocycles. The van der Waals surface area contributed by atoms with Crippen LogP contribution in [-0.2, 0) is 4.79 Å². The fourth-order valence-electron chi connectivity index (χ4n) is 4.06. The van der Waals surface area contributed by atoms with Gasteiger partial charge in [-0.3, -0.25) is 9.69 Å². The molecule has 32 heavy (non-hydrogen) atoms. The number of halogens is 1. The van der Waals surface area contributed by atoms with Crippen molar-refractivity contribution in [3.63, 3.8) is 0 Å². The molecule has 0 radical (unpaired) electrons. The van der Waals surface area contributed by atoms with Gasteiger partial charge in [-0.15, -0.1) is 0 Å². The van der Waals surface area contributed by atoms with E-state index >= 15 is 0 Å². The molecule has 0 spiro atoms. The van der Waals surface area contributed by atoms with Crippen molar-refractivity contribution in [2.75, 3.05) is 11.5 Å². The van der Waals surface area contributed by atoms with Gasteiger partial charge in [0.05, 0.1) is 23.4 Å². The second kappa shape index (κ2) is 7.74. The van der Waals surface area contributed by atoms with Crippen molar-refractivity contribution in [2.45, 2.75) is 19.2 Å². The monoisotopic (exact) mass is 432 g/mol. The zero-order chi connectivity index (χ0) is 22.4. The highest BCUT2D eigenvalue weighted by Gasteiger charge is 2.31. The van der Waals surface area contributed by atoms with Crippen molar-refractivity contribution in [1.29, 1.82) is 0 Å². The molecule has 4 aromatic rings. The number of amides is 1. The van der Waals surface area contributed by atoms with Crippen LogP contribution in [0.3, 0.4) is 0 Å². The fraction of sp³-hybridized carbons (Fsp3) is 0.167. The van der Waals surface area contributed by atoms with Gasteiger partial charge >= 0.3 is 0 Å².